The van der Waals surface area contributed by atoms with Gasteiger partial charge >= 0.3 is 0 Å². The maximum atomic E-state index is 6.70. The van der Waals surface area contributed by atoms with Gasteiger partial charge in [-0.1, -0.05) is 53.4 Å². The molecule has 0 saturated carbocycles. The Morgan fingerprint density at radius 2 is 0.529 bits per heavy atom. The number of hydrogen-bond donors (Lipinski definition) is 8. The molecule has 7 rings (SSSR count). The van der Waals surface area contributed by atoms with Gasteiger partial charge in [0.2, 0.25) is 52.9 Å². The van der Waals surface area contributed by atoms with E-state index in [1.54, 1.807) is 0 Å². The van der Waals surface area contributed by atoms with E-state index in [0.717, 1.165) is 129 Å². The summed E-state index contributed by atoms with van der Waals surface area (Å²) in [5, 5.41) is 29.4. The quantitative estimate of drug-likeness (QED) is 0.0316. The lowest BCUT2D eigenvalue weighted by atomic mass is 9.79. The van der Waals surface area contributed by atoms with Crippen LogP contribution in [-0.2, 0) is 0 Å². The van der Waals surface area contributed by atoms with Crippen molar-refractivity contribution >= 4 is 59.2 Å². The molecule has 4 fully saturated rings. The Kier molecular flexibility index (Phi) is 22.0. The fourth-order valence-electron chi connectivity index (χ4n) is 15.3. The van der Waals surface area contributed by atoms with E-state index in [4.69, 9.17) is 46.5 Å². The van der Waals surface area contributed by atoms with Crippen LogP contribution in [0.1, 0.15) is 241 Å². The molecule has 3 aromatic rings. The third-order valence-electron chi connectivity index (χ3n) is 17.3. The molecule has 0 aromatic carbocycles. The number of unbranched alkanes of at least 4 members (excludes halogenated alkanes) is 4. The van der Waals surface area contributed by atoms with Crippen molar-refractivity contribution in [2.24, 2.45) is 0 Å². The SMILES string of the molecule is CCCCN(c1nc(NCNc2nc(Cl)nc(NCNc3nc(N(CCCC)C4CC(C)(C)NC(C)(C)C4)nc(N(CCCC)C4CC(C)(C)NC(C)(C)C4)n3)n2)nc(N(CCCC)C2CC(C)(C)NC(C)(C)C2)n1)C1CC(C)(C)NC(C)(C)C1. The van der Waals surface area contributed by atoms with E-state index in [-0.39, 0.29) is 87.1 Å². The van der Waals surface area contributed by atoms with Gasteiger partial charge in [-0.2, -0.15) is 44.9 Å². The van der Waals surface area contributed by atoms with Crippen molar-refractivity contribution < 1.29 is 0 Å². The molecule has 85 heavy (non-hydrogen) atoms. The van der Waals surface area contributed by atoms with Gasteiger partial charge in [0.1, 0.15) is 0 Å². The van der Waals surface area contributed by atoms with Crippen LogP contribution in [0, 0.1) is 0 Å². The fraction of sp³-hybridized carbons (Fsp3) is 0.857. The van der Waals surface area contributed by atoms with Crippen molar-refractivity contribution in [2.45, 2.75) is 310 Å². The number of hydrogen-bond acceptors (Lipinski definition) is 21. The second-order valence-corrected chi connectivity index (χ2v) is 31.2. The molecule has 0 bridgehead atoms. The van der Waals surface area contributed by atoms with Crippen LogP contribution in [-0.4, -0.2) is 153 Å². The number of nitrogens with zero attached hydrogens (tertiary/aromatic N) is 13. The van der Waals surface area contributed by atoms with Crippen LogP contribution in [0.4, 0.5) is 47.6 Å². The summed E-state index contributed by atoms with van der Waals surface area (Å²) in [7, 11) is 0. The van der Waals surface area contributed by atoms with Crippen LogP contribution >= 0.6 is 11.6 Å². The minimum absolute atomic E-state index is 0.0482. The van der Waals surface area contributed by atoms with Gasteiger partial charge in [-0.05, 0) is 199 Å². The van der Waals surface area contributed by atoms with Crippen molar-refractivity contribution in [3.8, 4) is 0 Å². The summed E-state index contributed by atoms with van der Waals surface area (Å²) in [5.41, 5.74) is -0.535. The van der Waals surface area contributed by atoms with Crippen molar-refractivity contribution in [3.05, 3.63) is 5.28 Å². The standard InChI is InChI=1S/C63H116ClN21/c1-21-25-29-82(43-33-56(5,6)78-57(7,8)34-43)52-72-50(73-53(76-52)83(30-26-22-2)44-35-58(9,10)79-59(11,12)36-44)67-41-65-48-69-47(64)70-49(71-48)66-42-68-51-74-54(84(31-27-23-3)45-37-60(13,14)80-61(15,16)38-45)77-55(75-51)85(32-28-24-4)46-39-62(17,18)81-63(19,20)40-46/h43-46,78-81H,21-42H2,1-20H3,(H,67,72,73,76)(H,68,74,75,77)(H2,65,66,69,70,71). The molecule has 4 aliphatic rings. The van der Waals surface area contributed by atoms with Gasteiger partial charge in [-0.25, -0.2) is 0 Å². The number of halogens is 1. The highest BCUT2D eigenvalue weighted by molar-refractivity contribution is 6.28. The van der Waals surface area contributed by atoms with Crippen LogP contribution < -0.4 is 62.1 Å². The van der Waals surface area contributed by atoms with Crippen molar-refractivity contribution in [2.75, 3.05) is 80.4 Å². The predicted octanol–water partition coefficient (Wildman–Crippen LogP) is 11.5. The molecule has 0 amide bonds. The first-order valence-corrected chi connectivity index (χ1v) is 33.1. The highest BCUT2D eigenvalue weighted by Gasteiger charge is 2.45. The maximum absolute atomic E-state index is 6.70. The summed E-state index contributed by atoms with van der Waals surface area (Å²) in [4.78, 5) is 55.7. The average Bonchev–Trinajstić information content (AvgIpc) is 1.45. The maximum Gasteiger partial charge on any atom is 0.232 e. The van der Waals surface area contributed by atoms with Crippen molar-refractivity contribution in [3.63, 3.8) is 0 Å². The molecule has 0 unspecified atom stereocenters. The van der Waals surface area contributed by atoms with E-state index in [1.165, 1.54) is 0 Å². The summed E-state index contributed by atoms with van der Waals surface area (Å²) in [5.74, 6) is 4.36. The van der Waals surface area contributed by atoms with Crippen LogP contribution in [0.5, 0.6) is 0 Å². The van der Waals surface area contributed by atoms with E-state index >= 15 is 0 Å². The topological polar surface area (TPSA) is 225 Å². The molecular weight excluding hydrogens is 1090 g/mol. The van der Waals surface area contributed by atoms with Gasteiger partial charge in [-0.3, -0.25) is 0 Å². The Labute approximate surface area is 518 Å². The van der Waals surface area contributed by atoms with E-state index in [0.29, 0.717) is 47.6 Å². The molecular formula is C63H116ClN21. The zero-order valence-corrected chi connectivity index (χ0v) is 57.3. The minimum atomic E-state index is -0.0669. The number of anilines is 8. The number of aromatic nitrogens is 9. The molecule has 22 heteroatoms. The van der Waals surface area contributed by atoms with Crippen LogP contribution in [0.25, 0.3) is 0 Å². The number of rotatable bonds is 28. The molecule has 0 radical (unpaired) electrons. The van der Waals surface area contributed by atoms with E-state index in [9.17, 15) is 0 Å². The largest absolute Gasteiger partial charge is 0.338 e. The molecule has 0 atom stereocenters. The van der Waals surface area contributed by atoms with E-state index < -0.39 is 0 Å². The molecule has 0 aliphatic carbocycles. The van der Waals surface area contributed by atoms with Gasteiger partial charge in [0, 0.05) is 94.7 Å². The molecule has 0 spiro atoms. The third kappa shape index (κ3) is 19.8. The normalized spacial score (nSPS) is 21.7. The lowest BCUT2D eigenvalue weighted by Crippen LogP contribution is -2.63. The van der Waals surface area contributed by atoms with Gasteiger partial charge < -0.3 is 62.1 Å². The first-order chi connectivity index (χ1) is 39.6. The summed E-state index contributed by atoms with van der Waals surface area (Å²) in [6, 6.07) is 0.896. The Hall–Kier alpha value is -4.44. The summed E-state index contributed by atoms with van der Waals surface area (Å²) >= 11 is 6.70. The molecule has 21 nitrogen and oxygen atoms in total. The van der Waals surface area contributed by atoms with Gasteiger partial charge in [-0.15, -0.1) is 0 Å². The lowest BCUT2D eigenvalue weighted by molar-refractivity contribution is 0.156. The molecule has 8 N–H and O–H groups in total. The molecule has 7 heterocycles. The summed E-state index contributed by atoms with van der Waals surface area (Å²) in [6.45, 7) is 49.8. The summed E-state index contributed by atoms with van der Waals surface area (Å²) < 4.78 is 0. The number of piperidine rings is 4. The zero-order chi connectivity index (χ0) is 62.4. The highest BCUT2D eigenvalue weighted by atomic mass is 35.5. The average molecular weight is 1200 g/mol. The Balaban J connectivity index is 1.17. The van der Waals surface area contributed by atoms with E-state index in [1.807, 2.05) is 0 Å². The van der Waals surface area contributed by atoms with Crippen molar-refractivity contribution in [1.82, 2.24) is 66.1 Å². The Morgan fingerprint density at radius 3 is 0.729 bits per heavy atom. The highest BCUT2D eigenvalue weighted by Crippen LogP contribution is 2.39. The number of nitrogens with one attached hydrogen (secondary N) is 8. The van der Waals surface area contributed by atoms with Crippen LogP contribution in [0.3, 0.4) is 0 Å². The first kappa shape index (κ1) is 68.1. The molecule has 3 aromatic heterocycles. The molecule has 4 aliphatic heterocycles. The van der Waals surface area contributed by atoms with Crippen molar-refractivity contribution in [1.29, 1.82) is 0 Å². The third-order valence-corrected chi connectivity index (χ3v) is 17.5. The smallest absolute Gasteiger partial charge is 0.232 e. The second kappa shape index (κ2) is 27.5. The monoisotopic (exact) mass is 1200 g/mol. The minimum Gasteiger partial charge on any atom is -0.338 e. The predicted molar refractivity (Wildman–Crippen MR) is 355 cm³/mol. The molecule has 480 valence electrons. The fourth-order valence-corrected chi connectivity index (χ4v) is 15.5. The van der Waals surface area contributed by atoms with Gasteiger partial charge in [0.05, 0.1) is 13.3 Å². The Bertz CT molecular complexity index is 2250. The summed E-state index contributed by atoms with van der Waals surface area (Å²) in [6.07, 6.45) is 16.1. The second-order valence-electron chi connectivity index (χ2n) is 30.8. The Morgan fingerprint density at radius 1 is 0.329 bits per heavy atom. The lowest BCUT2D eigenvalue weighted by Gasteiger charge is -2.50. The van der Waals surface area contributed by atoms with Crippen LogP contribution in [0.2, 0.25) is 5.28 Å². The zero-order valence-electron chi connectivity index (χ0n) is 56.6. The van der Waals surface area contributed by atoms with Gasteiger partial charge in [0.25, 0.3) is 0 Å². The molecule has 4 saturated heterocycles. The van der Waals surface area contributed by atoms with Gasteiger partial charge in [0.15, 0.2) is 0 Å². The first-order valence-electron chi connectivity index (χ1n) is 32.7. The van der Waals surface area contributed by atoms with E-state index in [2.05, 4.69) is 211 Å². The van der Waals surface area contributed by atoms with Crippen LogP contribution in [0.15, 0.2) is 0 Å².